The lowest BCUT2D eigenvalue weighted by Crippen LogP contribution is -2.16. The van der Waals surface area contributed by atoms with E-state index in [1.54, 1.807) is 60.7 Å². The van der Waals surface area contributed by atoms with E-state index in [-0.39, 0.29) is 24.6 Å². The van der Waals surface area contributed by atoms with Gasteiger partial charge in [-0.3, -0.25) is 10.2 Å². The number of benzene rings is 5. The third kappa shape index (κ3) is 6.71. The van der Waals surface area contributed by atoms with E-state index in [0.717, 1.165) is 11.1 Å². The fourth-order valence-electron chi connectivity index (χ4n) is 4.47. The van der Waals surface area contributed by atoms with Crippen molar-refractivity contribution in [3.63, 3.8) is 0 Å². The quantitative estimate of drug-likeness (QED) is 0.0993. The van der Waals surface area contributed by atoms with Gasteiger partial charge in [0.05, 0.1) is 11.1 Å². The number of esters is 1. The second-order valence-corrected chi connectivity index (χ2v) is 9.51. The van der Waals surface area contributed by atoms with Crippen LogP contribution in [-0.4, -0.2) is 17.7 Å². The lowest BCUT2D eigenvalue weighted by atomic mass is 9.94. The van der Waals surface area contributed by atoms with Gasteiger partial charge in [-0.1, -0.05) is 91.0 Å². The number of rotatable bonds is 10. The van der Waals surface area contributed by atoms with E-state index >= 15 is 0 Å². The Balaban J connectivity index is 1.51. The van der Waals surface area contributed by atoms with Crippen LogP contribution < -0.4 is 15.8 Å². The fourth-order valence-corrected chi connectivity index (χ4v) is 4.47. The Morgan fingerprint density at radius 1 is 0.667 bits per heavy atom. The van der Waals surface area contributed by atoms with Gasteiger partial charge in [-0.15, -0.1) is 0 Å². The molecule has 7 nitrogen and oxygen atoms in total. The number of ether oxygens (including phenoxy) is 2. The van der Waals surface area contributed by atoms with Gasteiger partial charge in [0.15, 0.2) is 0 Å². The molecule has 5 aromatic carbocycles. The SMILES string of the molecule is N=C(N)c1ccc(NC(=O)c2c(OCc3ccccc3)cccc2-c2ccccc2C(=O)OCc2ccccc2)cc1. The molecule has 0 spiro atoms. The first kappa shape index (κ1) is 27.9. The molecule has 0 heterocycles. The zero-order valence-corrected chi connectivity index (χ0v) is 22.7. The molecule has 0 atom stereocenters. The van der Waals surface area contributed by atoms with Gasteiger partial charge in [-0.25, -0.2) is 4.79 Å². The standard InChI is InChI=1S/C35H29N3O4/c36-33(37)26-18-20-27(21-19-26)38-34(39)32-29(16-9-17-31(32)41-22-24-10-3-1-4-11-24)28-14-7-8-15-30(28)35(40)42-23-25-12-5-2-6-13-25/h1-21H,22-23H2,(H3,36,37)(H,38,39). The molecule has 42 heavy (non-hydrogen) atoms. The second kappa shape index (κ2) is 13.1. The van der Waals surface area contributed by atoms with E-state index in [1.807, 2.05) is 66.7 Å². The lowest BCUT2D eigenvalue weighted by molar-refractivity contribution is 0.0473. The zero-order chi connectivity index (χ0) is 29.3. The van der Waals surface area contributed by atoms with Crippen LogP contribution in [-0.2, 0) is 18.0 Å². The van der Waals surface area contributed by atoms with E-state index < -0.39 is 11.9 Å². The summed E-state index contributed by atoms with van der Waals surface area (Å²) < 4.78 is 11.8. The van der Waals surface area contributed by atoms with Gasteiger partial charge < -0.3 is 20.5 Å². The Morgan fingerprint density at radius 2 is 1.26 bits per heavy atom. The van der Waals surface area contributed by atoms with Crippen LogP contribution in [0.1, 0.15) is 37.4 Å². The highest BCUT2D eigenvalue weighted by Gasteiger charge is 2.23. The van der Waals surface area contributed by atoms with Gasteiger partial charge in [-0.2, -0.15) is 0 Å². The van der Waals surface area contributed by atoms with Crippen LogP contribution in [0.5, 0.6) is 5.75 Å². The van der Waals surface area contributed by atoms with Crippen molar-refractivity contribution in [2.75, 3.05) is 5.32 Å². The van der Waals surface area contributed by atoms with Crippen molar-refractivity contribution in [3.8, 4) is 16.9 Å². The number of nitrogens with two attached hydrogens (primary N) is 1. The number of amidine groups is 1. The molecule has 0 aromatic heterocycles. The van der Waals surface area contributed by atoms with Crippen LogP contribution in [0.15, 0.2) is 127 Å². The molecule has 5 rings (SSSR count). The van der Waals surface area contributed by atoms with Crippen molar-refractivity contribution in [2.24, 2.45) is 5.73 Å². The normalized spacial score (nSPS) is 10.5. The molecule has 4 N–H and O–H groups in total. The highest BCUT2D eigenvalue weighted by atomic mass is 16.5. The Bertz CT molecular complexity index is 1700. The average Bonchev–Trinajstić information content (AvgIpc) is 3.03. The maximum Gasteiger partial charge on any atom is 0.339 e. The van der Waals surface area contributed by atoms with Crippen LogP contribution in [0.2, 0.25) is 0 Å². The van der Waals surface area contributed by atoms with E-state index in [4.69, 9.17) is 20.6 Å². The molecule has 0 saturated heterocycles. The van der Waals surface area contributed by atoms with E-state index in [9.17, 15) is 9.59 Å². The Labute approximate surface area is 244 Å². The fraction of sp³-hybridized carbons (Fsp3) is 0.0571. The number of carbonyl (C=O) groups excluding carboxylic acids is 2. The van der Waals surface area contributed by atoms with E-state index in [1.165, 1.54) is 0 Å². The third-order valence-corrected chi connectivity index (χ3v) is 6.59. The number of hydrogen-bond donors (Lipinski definition) is 3. The van der Waals surface area contributed by atoms with Crippen molar-refractivity contribution in [1.82, 2.24) is 0 Å². The first-order valence-corrected chi connectivity index (χ1v) is 13.4. The van der Waals surface area contributed by atoms with E-state index in [0.29, 0.717) is 33.7 Å². The number of nitrogen functional groups attached to an aromatic ring is 1. The van der Waals surface area contributed by atoms with Crippen LogP contribution in [0.4, 0.5) is 5.69 Å². The molecule has 0 unspecified atom stereocenters. The van der Waals surface area contributed by atoms with Crippen molar-refractivity contribution in [1.29, 1.82) is 5.41 Å². The van der Waals surface area contributed by atoms with Gasteiger partial charge in [0.25, 0.3) is 5.91 Å². The zero-order valence-electron chi connectivity index (χ0n) is 22.7. The van der Waals surface area contributed by atoms with Crippen LogP contribution in [0, 0.1) is 5.41 Å². The molecule has 0 radical (unpaired) electrons. The maximum absolute atomic E-state index is 13.9. The Morgan fingerprint density at radius 3 is 1.93 bits per heavy atom. The molecule has 0 fully saturated rings. The summed E-state index contributed by atoms with van der Waals surface area (Å²) >= 11 is 0. The summed E-state index contributed by atoms with van der Waals surface area (Å²) in [7, 11) is 0. The molecular weight excluding hydrogens is 526 g/mol. The summed E-state index contributed by atoms with van der Waals surface area (Å²) in [5.74, 6) is -0.625. The first-order chi connectivity index (χ1) is 20.5. The minimum Gasteiger partial charge on any atom is -0.488 e. The second-order valence-electron chi connectivity index (χ2n) is 9.51. The molecule has 0 aliphatic carbocycles. The summed E-state index contributed by atoms with van der Waals surface area (Å²) in [6.45, 7) is 0.372. The summed E-state index contributed by atoms with van der Waals surface area (Å²) in [6, 6.07) is 38.1. The molecule has 0 aliphatic rings. The highest BCUT2D eigenvalue weighted by molar-refractivity contribution is 6.12. The van der Waals surface area contributed by atoms with Crippen LogP contribution in [0.25, 0.3) is 11.1 Å². The molecule has 5 aromatic rings. The van der Waals surface area contributed by atoms with Gasteiger partial charge in [0, 0.05) is 11.3 Å². The lowest BCUT2D eigenvalue weighted by Gasteiger charge is -2.18. The van der Waals surface area contributed by atoms with Gasteiger partial charge in [0.1, 0.15) is 24.8 Å². The third-order valence-electron chi connectivity index (χ3n) is 6.59. The Hall–Kier alpha value is -5.69. The molecule has 0 aliphatic heterocycles. The van der Waals surface area contributed by atoms with Crippen molar-refractivity contribution >= 4 is 23.4 Å². The molecule has 0 saturated carbocycles. The monoisotopic (exact) mass is 555 g/mol. The topological polar surface area (TPSA) is 115 Å². The predicted molar refractivity (Wildman–Crippen MR) is 164 cm³/mol. The summed E-state index contributed by atoms with van der Waals surface area (Å²) in [5.41, 5.74) is 10.1. The van der Waals surface area contributed by atoms with Gasteiger partial charge in [-0.05, 0) is 58.7 Å². The number of nitrogens with one attached hydrogen (secondary N) is 2. The first-order valence-electron chi connectivity index (χ1n) is 13.4. The van der Waals surface area contributed by atoms with Crippen LogP contribution in [0.3, 0.4) is 0 Å². The van der Waals surface area contributed by atoms with Crippen molar-refractivity contribution in [3.05, 3.63) is 155 Å². The summed E-state index contributed by atoms with van der Waals surface area (Å²) in [4.78, 5) is 27.2. The molecular formula is C35H29N3O4. The number of amides is 1. The smallest absolute Gasteiger partial charge is 0.339 e. The minimum absolute atomic E-state index is 0.0643. The molecule has 1 amide bonds. The average molecular weight is 556 g/mol. The largest absolute Gasteiger partial charge is 0.488 e. The highest BCUT2D eigenvalue weighted by Crippen LogP contribution is 2.34. The molecule has 7 heteroatoms. The van der Waals surface area contributed by atoms with Crippen LogP contribution >= 0.6 is 0 Å². The maximum atomic E-state index is 13.9. The van der Waals surface area contributed by atoms with Crippen molar-refractivity contribution in [2.45, 2.75) is 13.2 Å². The number of carbonyl (C=O) groups is 2. The predicted octanol–water partition coefficient (Wildman–Crippen LogP) is 6.83. The molecule has 0 bridgehead atoms. The summed E-state index contributed by atoms with van der Waals surface area (Å²) in [6.07, 6.45) is 0. The van der Waals surface area contributed by atoms with Gasteiger partial charge in [0.2, 0.25) is 0 Å². The Kier molecular flexibility index (Phi) is 8.70. The number of anilines is 1. The molecule has 208 valence electrons. The minimum atomic E-state index is -0.503. The van der Waals surface area contributed by atoms with E-state index in [2.05, 4.69) is 5.32 Å². The number of hydrogen-bond acceptors (Lipinski definition) is 5. The van der Waals surface area contributed by atoms with Crippen molar-refractivity contribution < 1.29 is 19.1 Å². The van der Waals surface area contributed by atoms with Gasteiger partial charge >= 0.3 is 5.97 Å². The summed E-state index contributed by atoms with van der Waals surface area (Å²) in [5, 5.41) is 10.5.